The van der Waals surface area contributed by atoms with Crippen LogP contribution in [0.4, 0.5) is 13.2 Å². The molecule has 0 aliphatic carbocycles. The number of halogens is 4. The van der Waals surface area contributed by atoms with Gasteiger partial charge in [0.1, 0.15) is 12.4 Å². The topological polar surface area (TPSA) is 44.1 Å². The summed E-state index contributed by atoms with van der Waals surface area (Å²) in [4.78, 5) is 15.3. The molecule has 2 aromatic rings. The summed E-state index contributed by atoms with van der Waals surface area (Å²) >= 11 is 5.70. The molecular weight excluding hydrogens is 297 g/mol. The summed E-state index contributed by atoms with van der Waals surface area (Å²) in [5, 5.41) is 0. The molecule has 1 aromatic carbocycles. The first kappa shape index (κ1) is 14.6. The van der Waals surface area contributed by atoms with Gasteiger partial charge in [0.15, 0.2) is 0 Å². The predicted molar refractivity (Wildman–Crippen MR) is 66.3 cm³/mol. The molecule has 20 heavy (non-hydrogen) atoms. The number of benzene rings is 1. The number of carbonyl (C=O) groups is 1. The minimum absolute atomic E-state index is 0.0208. The van der Waals surface area contributed by atoms with Crippen LogP contribution < -0.4 is 0 Å². The minimum atomic E-state index is -4.44. The predicted octanol–water partition coefficient (Wildman–Crippen LogP) is 2.97. The van der Waals surface area contributed by atoms with Crippen molar-refractivity contribution in [2.24, 2.45) is 0 Å². The van der Waals surface area contributed by atoms with Crippen LogP contribution >= 0.6 is 11.6 Å². The fourth-order valence-corrected chi connectivity index (χ4v) is 2.03. The number of alkyl halides is 4. The second-order valence-corrected chi connectivity index (χ2v) is 4.29. The summed E-state index contributed by atoms with van der Waals surface area (Å²) in [5.41, 5.74) is -0.257. The number of methoxy groups -OCH3 is 1. The van der Waals surface area contributed by atoms with E-state index in [1.807, 2.05) is 0 Å². The molecule has 8 heteroatoms. The molecule has 0 spiro atoms. The second kappa shape index (κ2) is 5.32. The maximum Gasteiger partial charge on any atom is 0.416 e. The minimum Gasteiger partial charge on any atom is -0.468 e. The monoisotopic (exact) mass is 306 g/mol. The summed E-state index contributed by atoms with van der Waals surface area (Å²) in [6.07, 6.45) is -4.44. The third-order valence-corrected chi connectivity index (χ3v) is 3.03. The van der Waals surface area contributed by atoms with Crippen molar-refractivity contribution in [1.29, 1.82) is 0 Å². The van der Waals surface area contributed by atoms with Crippen molar-refractivity contribution < 1.29 is 22.7 Å². The Morgan fingerprint density at radius 1 is 1.45 bits per heavy atom. The normalized spacial score (nSPS) is 11.8. The largest absolute Gasteiger partial charge is 0.468 e. The lowest BCUT2D eigenvalue weighted by molar-refractivity contribution is -0.141. The van der Waals surface area contributed by atoms with Gasteiger partial charge in [-0.25, -0.2) is 4.98 Å². The van der Waals surface area contributed by atoms with Gasteiger partial charge in [0.2, 0.25) is 0 Å². The molecule has 1 heterocycles. The van der Waals surface area contributed by atoms with E-state index in [1.165, 1.54) is 17.7 Å². The maximum absolute atomic E-state index is 12.6. The molecule has 0 bridgehead atoms. The molecule has 0 atom stereocenters. The van der Waals surface area contributed by atoms with Crippen molar-refractivity contribution in [2.45, 2.75) is 18.6 Å². The van der Waals surface area contributed by atoms with Crippen LogP contribution in [-0.2, 0) is 28.1 Å². The first-order valence-corrected chi connectivity index (χ1v) is 6.09. The van der Waals surface area contributed by atoms with Gasteiger partial charge in [-0.05, 0) is 18.2 Å². The fourth-order valence-electron chi connectivity index (χ4n) is 1.83. The summed E-state index contributed by atoms with van der Waals surface area (Å²) < 4.78 is 43.9. The highest BCUT2D eigenvalue weighted by atomic mass is 35.5. The van der Waals surface area contributed by atoms with E-state index < -0.39 is 17.7 Å². The Balaban J connectivity index is 2.55. The Bertz CT molecular complexity index is 652. The van der Waals surface area contributed by atoms with E-state index in [4.69, 9.17) is 11.6 Å². The van der Waals surface area contributed by atoms with Crippen LogP contribution in [0.5, 0.6) is 0 Å². The van der Waals surface area contributed by atoms with Gasteiger partial charge in [-0.1, -0.05) is 0 Å². The standard InChI is InChI=1S/C12H10ClF3N2O2/c1-20-11(19)6-18-9-3-2-7(12(14,15)16)4-8(9)17-10(18)5-13/h2-4H,5-6H2,1H3. The van der Waals surface area contributed by atoms with Gasteiger partial charge in [0.25, 0.3) is 0 Å². The van der Waals surface area contributed by atoms with Crippen molar-refractivity contribution >= 4 is 28.6 Å². The lowest BCUT2D eigenvalue weighted by Crippen LogP contribution is -2.13. The van der Waals surface area contributed by atoms with Crippen molar-refractivity contribution in [2.75, 3.05) is 7.11 Å². The van der Waals surface area contributed by atoms with Crippen molar-refractivity contribution in [3.63, 3.8) is 0 Å². The quantitative estimate of drug-likeness (QED) is 0.647. The zero-order valence-electron chi connectivity index (χ0n) is 10.4. The van der Waals surface area contributed by atoms with Crippen molar-refractivity contribution in [3.8, 4) is 0 Å². The van der Waals surface area contributed by atoms with E-state index in [1.54, 1.807) is 0 Å². The molecule has 0 aliphatic heterocycles. The van der Waals surface area contributed by atoms with E-state index in [-0.39, 0.29) is 17.9 Å². The van der Waals surface area contributed by atoms with E-state index >= 15 is 0 Å². The number of imidazole rings is 1. The molecule has 0 amide bonds. The molecule has 2 rings (SSSR count). The highest BCUT2D eigenvalue weighted by Gasteiger charge is 2.31. The van der Waals surface area contributed by atoms with Crippen LogP contribution in [0.25, 0.3) is 11.0 Å². The molecule has 1 aromatic heterocycles. The molecule has 0 aliphatic rings. The van der Waals surface area contributed by atoms with Gasteiger partial charge in [0.05, 0.1) is 29.6 Å². The van der Waals surface area contributed by atoms with Gasteiger partial charge in [-0.2, -0.15) is 13.2 Å². The summed E-state index contributed by atoms with van der Waals surface area (Å²) in [5.74, 6) is -0.241. The molecule has 0 fully saturated rings. The first-order chi connectivity index (χ1) is 9.36. The molecule has 4 nitrogen and oxygen atoms in total. The SMILES string of the molecule is COC(=O)Cn1c(CCl)nc2cc(C(F)(F)F)ccc21. The Morgan fingerprint density at radius 3 is 2.70 bits per heavy atom. The third-order valence-electron chi connectivity index (χ3n) is 2.79. The first-order valence-electron chi connectivity index (χ1n) is 5.56. The number of rotatable bonds is 3. The number of carbonyl (C=O) groups excluding carboxylic acids is 1. The average molecular weight is 307 g/mol. The van der Waals surface area contributed by atoms with Crippen LogP contribution in [0.15, 0.2) is 18.2 Å². The number of nitrogens with zero attached hydrogens (tertiary/aromatic N) is 2. The Hall–Kier alpha value is -1.76. The number of hydrogen-bond donors (Lipinski definition) is 0. The molecule has 0 unspecified atom stereocenters. The lowest BCUT2D eigenvalue weighted by atomic mass is 10.2. The van der Waals surface area contributed by atoms with Gasteiger partial charge >= 0.3 is 12.1 Å². The van der Waals surface area contributed by atoms with Crippen LogP contribution in [0.1, 0.15) is 11.4 Å². The third kappa shape index (κ3) is 2.72. The van der Waals surface area contributed by atoms with E-state index in [9.17, 15) is 18.0 Å². The zero-order chi connectivity index (χ0) is 14.9. The van der Waals surface area contributed by atoms with Gasteiger partial charge < -0.3 is 9.30 Å². The van der Waals surface area contributed by atoms with Gasteiger partial charge in [-0.3, -0.25) is 4.79 Å². The Morgan fingerprint density at radius 2 is 2.15 bits per heavy atom. The Labute approximate surface area is 117 Å². The molecular formula is C12H10ClF3N2O2. The number of ether oxygens (including phenoxy) is 1. The van der Waals surface area contributed by atoms with Crippen molar-refractivity contribution in [3.05, 3.63) is 29.6 Å². The highest BCUT2D eigenvalue weighted by Crippen LogP contribution is 2.31. The summed E-state index contributed by atoms with van der Waals surface area (Å²) in [6.45, 7) is -0.152. The van der Waals surface area contributed by atoms with Crippen LogP contribution in [0.3, 0.4) is 0 Å². The second-order valence-electron chi connectivity index (χ2n) is 4.03. The van der Waals surface area contributed by atoms with Crippen LogP contribution in [0.2, 0.25) is 0 Å². The smallest absolute Gasteiger partial charge is 0.416 e. The molecule has 0 radical (unpaired) electrons. The molecule has 0 N–H and O–H groups in total. The van der Waals surface area contributed by atoms with Gasteiger partial charge in [0, 0.05) is 0 Å². The highest BCUT2D eigenvalue weighted by molar-refractivity contribution is 6.16. The van der Waals surface area contributed by atoms with E-state index in [2.05, 4.69) is 9.72 Å². The lowest BCUT2D eigenvalue weighted by Gasteiger charge is -2.07. The fraction of sp³-hybridized carbons (Fsp3) is 0.333. The Kier molecular flexibility index (Phi) is 3.89. The maximum atomic E-state index is 12.6. The number of fused-ring (bicyclic) bond motifs is 1. The van der Waals surface area contributed by atoms with Gasteiger partial charge in [-0.15, -0.1) is 11.6 Å². The van der Waals surface area contributed by atoms with Crippen LogP contribution in [-0.4, -0.2) is 22.6 Å². The molecule has 108 valence electrons. The van der Waals surface area contributed by atoms with E-state index in [0.717, 1.165) is 12.1 Å². The van der Waals surface area contributed by atoms with E-state index in [0.29, 0.717) is 11.3 Å². The average Bonchev–Trinajstić information content (AvgIpc) is 2.75. The summed E-state index contributed by atoms with van der Waals surface area (Å²) in [7, 11) is 1.23. The summed E-state index contributed by atoms with van der Waals surface area (Å²) in [6, 6.07) is 3.14. The van der Waals surface area contributed by atoms with Crippen LogP contribution in [0, 0.1) is 0 Å². The number of hydrogen-bond acceptors (Lipinski definition) is 3. The number of esters is 1. The zero-order valence-corrected chi connectivity index (χ0v) is 11.1. The number of aromatic nitrogens is 2. The van der Waals surface area contributed by atoms with Crippen molar-refractivity contribution in [1.82, 2.24) is 9.55 Å². The molecule has 0 saturated heterocycles. The molecule has 0 saturated carbocycles.